The van der Waals surface area contributed by atoms with Crippen molar-refractivity contribution in [2.45, 2.75) is 12.2 Å². The van der Waals surface area contributed by atoms with Gasteiger partial charge in [-0.2, -0.15) is 0 Å². The molecule has 0 aliphatic carbocycles. The van der Waals surface area contributed by atoms with E-state index in [1.54, 1.807) is 0 Å². The molecule has 1 aromatic rings. The molecule has 0 heterocycles. The highest BCUT2D eigenvalue weighted by Gasteiger charge is 2.25. The summed E-state index contributed by atoms with van der Waals surface area (Å²) in [6.45, 7) is 0. The summed E-state index contributed by atoms with van der Waals surface area (Å²) in [4.78, 5) is 0. The molecule has 0 bridgehead atoms. The smallest absolute Gasteiger partial charge is 0.150 e. The van der Waals surface area contributed by atoms with Gasteiger partial charge in [-0.3, -0.25) is 0 Å². The molecule has 0 spiro atoms. The third-order valence-electron chi connectivity index (χ3n) is 1.90. The Morgan fingerprint density at radius 2 is 1.87 bits per heavy atom. The normalized spacial score (nSPS) is 15.1. The molecule has 0 aromatic heterocycles. The maximum absolute atomic E-state index is 13.3. The van der Waals surface area contributed by atoms with Crippen molar-refractivity contribution in [3.05, 3.63) is 34.4 Å². The molecule has 15 heavy (non-hydrogen) atoms. The van der Waals surface area contributed by atoms with Crippen LogP contribution in [0.5, 0.6) is 0 Å². The van der Waals surface area contributed by atoms with Crippen LogP contribution in [-0.2, 0) is 0 Å². The summed E-state index contributed by atoms with van der Waals surface area (Å²) in [6.07, 6.45) is -3.18. The lowest BCUT2D eigenvalue weighted by Crippen LogP contribution is -2.22. The van der Waals surface area contributed by atoms with E-state index in [0.29, 0.717) is 0 Å². The number of alkyl halides is 1. The summed E-state index contributed by atoms with van der Waals surface area (Å²) in [5.74, 6) is -2.41. The SMILES string of the molecule is OC(CCl)C(O)c1c(F)ccc(Cl)c1F. The number of rotatable bonds is 3. The van der Waals surface area contributed by atoms with Crippen molar-refractivity contribution in [3.63, 3.8) is 0 Å². The summed E-state index contributed by atoms with van der Waals surface area (Å²) in [5, 5.41) is 18.2. The van der Waals surface area contributed by atoms with Gasteiger partial charge in [-0.05, 0) is 12.1 Å². The number of aliphatic hydroxyl groups excluding tert-OH is 2. The van der Waals surface area contributed by atoms with Crippen LogP contribution in [0, 0.1) is 11.6 Å². The van der Waals surface area contributed by atoms with E-state index in [4.69, 9.17) is 28.3 Å². The maximum Gasteiger partial charge on any atom is 0.150 e. The Bertz CT molecular complexity index is 360. The van der Waals surface area contributed by atoms with Crippen LogP contribution in [-0.4, -0.2) is 22.2 Å². The lowest BCUT2D eigenvalue weighted by atomic mass is 10.0. The minimum Gasteiger partial charge on any atom is -0.389 e. The molecular formula is C9H8Cl2F2O2. The molecule has 0 saturated carbocycles. The van der Waals surface area contributed by atoms with E-state index in [0.717, 1.165) is 12.1 Å². The lowest BCUT2D eigenvalue weighted by Gasteiger charge is -2.17. The highest BCUT2D eigenvalue weighted by atomic mass is 35.5. The quantitative estimate of drug-likeness (QED) is 0.644. The molecule has 84 valence electrons. The van der Waals surface area contributed by atoms with Crippen molar-refractivity contribution in [2.75, 3.05) is 5.88 Å². The van der Waals surface area contributed by atoms with E-state index in [9.17, 15) is 13.9 Å². The number of halogens is 4. The van der Waals surface area contributed by atoms with Crippen molar-refractivity contribution < 1.29 is 19.0 Å². The van der Waals surface area contributed by atoms with Gasteiger partial charge >= 0.3 is 0 Å². The van der Waals surface area contributed by atoms with Gasteiger partial charge in [0.1, 0.15) is 11.9 Å². The lowest BCUT2D eigenvalue weighted by molar-refractivity contribution is 0.0280. The molecule has 2 N–H and O–H groups in total. The largest absolute Gasteiger partial charge is 0.389 e. The van der Waals surface area contributed by atoms with Crippen molar-refractivity contribution >= 4 is 23.2 Å². The Kier molecular flexibility index (Phi) is 4.28. The van der Waals surface area contributed by atoms with Crippen LogP contribution in [0.3, 0.4) is 0 Å². The standard InChI is InChI=1S/C9H8Cl2F2O2/c10-3-6(14)9(15)7-5(12)2-1-4(11)8(7)13/h1-2,6,9,14-15H,3H2. The third-order valence-corrected chi connectivity index (χ3v) is 2.51. The Morgan fingerprint density at radius 1 is 1.27 bits per heavy atom. The van der Waals surface area contributed by atoms with Gasteiger partial charge in [-0.1, -0.05) is 11.6 Å². The molecule has 6 heteroatoms. The second-order valence-electron chi connectivity index (χ2n) is 2.92. The highest BCUT2D eigenvalue weighted by molar-refractivity contribution is 6.30. The van der Waals surface area contributed by atoms with E-state index < -0.39 is 29.4 Å². The fraction of sp³-hybridized carbons (Fsp3) is 0.333. The first-order valence-corrected chi connectivity index (χ1v) is 4.95. The van der Waals surface area contributed by atoms with Gasteiger partial charge in [0, 0.05) is 0 Å². The van der Waals surface area contributed by atoms with Crippen molar-refractivity contribution in [1.29, 1.82) is 0 Å². The molecule has 0 aliphatic heterocycles. The molecule has 2 atom stereocenters. The van der Waals surface area contributed by atoms with Crippen LogP contribution in [0.2, 0.25) is 5.02 Å². The number of benzene rings is 1. The summed E-state index contributed by atoms with van der Waals surface area (Å²) >= 11 is 10.7. The Labute approximate surface area is 95.1 Å². The van der Waals surface area contributed by atoms with E-state index in [-0.39, 0.29) is 10.9 Å². The van der Waals surface area contributed by atoms with Crippen LogP contribution in [0.25, 0.3) is 0 Å². The summed E-state index contributed by atoms with van der Waals surface area (Å²) in [7, 11) is 0. The van der Waals surface area contributed by atoms with Crippen LogP contribution < -0.4 is 0 Å². The molecule has 0 saturated heterocycles. The molecular weight excluding hydrogens is 249 g/mol. The zero-order valence-electron chi connectivity index (χ0n) is 7.42. The van der Waals surface area contributed by atoms with Gasteiger partial charge in [-0.25, -0.2) is 8.78 Å². The minimum atomic E-state index is -1.74. The average Bonchev–Trinajstić information content (AvgIpc) is 2.22. The predicted octanol–water partition coefficient (Wildman–Crippen LogP) is 2.25. The van der Waals surface area contributed by atoms with Gasteiger partial charge in [0.15, 0.2) is 5.82 Å². The summed E-state index contributed by atoms with van der Waals surface area (Å²) in [6, 6.07) is 1.93. The van der Waals surface area contributed by atoms with Crippen LogP contribution in [0.1, 0.15) is 11.7 Å². The monoisotopic (exact) mass is 256 g/mol. The van der Waals surface area contributed by atoms with Gasteiger partial charge in [0.05, 0.1) is 22.6 Å². The first kappa shape index (κ1) is 12.6. The number of hydrogen-bond donors (Lipinski definition) is 2. The molecule has 1 rings (SSSR count). The average molecular weight is 257 g/mol. The molecule has 2 nitrogen and oxygen atoms in total. The van der Waals surface area contributed by atoms with Gasteiger partial charge in [0.25, 0.3) is 0 Å². The third kappa shape index (κ3) is 2.58. The van der Waals surface area contributed by atoms with E-state index in [2.05, 4.69) is 0 Å². The zero-order valence-corrected chi connectivity index (χ0v) is 8.93. The maximum atomic E-state index is 13.3. The first-order chi connectivity index (χ1) is 6.99. The van der Waals surface area contributed by atoms with Gasteiger partial charge < -0.3 is 10.2 Å². The predicted molar refractivity (Wildman–Crippen MR) is 53.1 cm³/mol. The fourth-order valence-corrected chi connectivity index (χ4v) is 1.42. The Hall–Kier alpha value is -0.420. The van der Waals surface area contributed by atoms with Gasteiger partial charge in [0.2, 0.25) is 0 Å². The van der Waals surface area contributed by atoms with Crippen molar-refractivity contribution in [3.8, 4) is 0 Å². The summed E-state index contributed by atoms with van der Waals surface area (Å²) < 4.78 is 26.5. The molecule has 0 aliphatic rings. The number of aliphatic hydroxyl groups is 2. The van der Waals surface area contributed by atoms with Crippen molar-refractivity contribution in [1.82, 2.24) is 0 Å². The second-order valence-corrected chi connectivity index (χ2v) is 3.64. The molecule has 2 unspecified atom stereocenters. The topological polar surface area (TPSA) is 40.5 Å². The summed E-state index contributed by atoms with van der Waals surface area (Å²) in [5.41, 5.74) is -0.671. The van der Waals surface area contributed by atoms with Crippen LogP contribution in [0.15, 0.2) is 12.1 Å². The van der Waals surface area contributed by atoms with Crippen molar-refractivity contribution in [2.24, 2.45) is 0 Å². The molecule has 0 fully saturated rings. The molecule has 0 amide bonds. The van der Waals surface area contributed by atoms with E-state index in [1.807, 2.05) is 0 Å². The minimum absolute atomic E-state index is 0.327. The molecule has 0 radical (unpaired) electrons. The number of hydrogen-bond acceptors (Lipinski definition) is 2. The van der Waals surface area contributed by atoms with Crippen LogP contribution in [0.4, 0.5) is 8.78 Å². The fourth-order valence-electron chi connectivity index (χ4n) is 1.09. The first-order valence-electron chi connectivity index (χ1n) is 4.04. The van der Waals surface area contributed by atoms with Gasteiger partial charge in [-0.15, -0.1) is 11.6 Å². The second kappa shape index (κ2) is 5.07. The van der Waals surface area contributed by atoms with E-state index in [1.165, 1.54) is 0 Å². The Morgan fingerprint density at radius 3 is 2.40 bits per heavy atom. The molecule has 1 aromatic carbocycles. The zero-order chi connectivity index (χ0) is 11.6. The Balaban J connectivity index is 3.18. The van der Waals surface area contributed by atoms with Crippen LogP contribution >= 0.6 is 23.2 Å². The highest BCUT2D eigenvalue weighted by Crippen LogP contribution is 2.28. The van der Waals surface area contributed by atoms with E-state index >= 15 is 0 Å².